The predicted molar refractivity (Wildman–Crippen MR) is 86.5 cm³/mol. The fraction of sp³-hybridized carbons (Fsp3) is 0.467. The van der Waals surface area contributed by atoms with Gasteiger partial charge in [0.05, 0.1) is 0 Å². The molecule has 22 heavy (non-hydrogen) atoms. The molecule has 2 N–H and O–H groups in total. The lowest BCUT2D eigenvalue weighted by Crippen LogP contribution is -2.48. The van der Waals surface area contributed by atoms with Crippen LogP contribution >= 0.6 is 15.9 Å². The van der Waals surface area contributed by atoms with E-state index >= 15 is 0 Å². The highest BCUT2D eigenvalue weighted by Gasteiger charge is 2.17. The third kappa shape index (κ3) is 5.65. The van der Waals surface area contributed by atoms with Crippen molar-refractivity contribution < 1.29 is 19.1 Å². The molecule has 0 radical (unpaired) electrons. The van der Waals surface area contributed by atoms with Gasteiger partial charge in [-0.05, 0) is 51.0 Å². The van der Waals surface area contributed by atoms with Crippen molar-refractivity contribution in [2.75, 3.05) is 13.2 Å². The highest BCUT2D eigenvalue weighted by atomic mass is 79.9. The first-order chi connectivity index (χ1) is 10.3. The minimum Gasteiger partial charge on any atom is -0.480 e. The summed E-state index contributed by atoms with van der Waals surface area (Å²) in [5.41, 5.74) is 6.43. The Hall–Kier alpha value is -1.60. The maximum absolute atomic E-state index is 11.9. The first kappa shape index (κ1) is 18.4. The molecule has 0 saturated carbocycles. The molecule has 0 aromatic heterocycles. The van der Waals surface area contributed by atoms with Crippen LogP contribution in [0.5, 0.6) is 5.75 Å². The summed E-state index contributed by atoms with van der Waals surface area (Å²) in [5.74, 6) is -0.198. The molecule has 0 aliphatic rings. The summed E-state index contributed by atoms with van der Waals surface area (Å²) in [4.78, 5) is 23.3. The molecular weight excluding hydrogens is 352 g/mol. The molecule has 1 aromatic carbocycles. The summed E-state index contributed by atoms with van der Waals surface area (Å²) in [7, 11) is 0. The third-order valence-corrected chi connectivity index (χ3v) is 3.31. The summed E-state index contributed by atoms with van der Waals surface area (Å²) in [6.45, 7) is 7.54. The third-order valence-electron chi connectivity index (χ3n) is 2.85. The lowest BCUT2D eigenvalue weighted by Gasteiger charge is -2.18. The van der Waals surface area contributed by atoms with E-state index in [2.05, 4.69) is 26.8 Å². The van der Waals surface area contributed by atoms with Gasteiger partial charge in [-0.1, -0.05) is 15.9 Å². The number of carbonyl (C=O) groups excluding carboxylic acids is 2. The Labute approximate surface area is 138 Å². The summed E-state index contributed by atoms with van der Waals surface area (Å²) in [6, 6.07) is 3.83. The second kappa shape index (κ2) is 8.75. The van der Waals surface area contributed by atoms with E-state index in [0.29, 0.717) is 12.4 Å². The molecule has 1 unspecified atom stereocenters. The van der Waals surface area contributed by atoms with Gasteiger partial charge in [0.15, 0.2) is 6.10 Å². The zero-order valence-corrected chi connectivity index (χ0v) is 14.7. The number of ether oxygens (including phenoxy) is 2. The SMILES string of the molecule is CCOCC(=O)NNC(=O)C(C)Oc1c(C)cc(Br)cc1C. The monoisotopic (exact) mass is 372 g/mol. The highest BCUT2D eigenvalue weighted by molar-refractivity contribution is 9.10. The molecule has 0 fully saturated rings. The van der Waals surface area contributed by atoms with Crippen LogP contribution in [-0.2, 0) is 14.3 Å². The number of hydrogen-bond acceptors (Lipinski definition) is 4. The van der Waals surface area contributed by atoms with E-state index in [-0.39, 0.29) is 6.61 Å². The molecule has 1 rings (SSSR count). The number of hydrazine groups is 1. The van der Waals surface area contributed by atoms with E-state index in [0.717, 1.165) is 15.6 Å². The van der Waals surface area contributed by atoms with Crippen LogP contribution in [0.3, 0.4) is 0 Å². The molecule has 0 aliphatic carbocycles. The molecule has 7 heteroatoms. The summed E-state index contributed by atoms with van der Waals surface area (Å²) < 4.78 is 11.6. The minimum absolute atomic E-state index is 0.100. The van der Waals surface area contributed by atoms with Gasteiger partial charge in [-0.2, -0.15) is 0 Å². The van der Waals surface area contributed by atoms with Crippen LogP contribution in [0.25, 0.3) is 0 Å². The standard InChI is InChI=1S/C15H21BrN2O4/c1-5-21-8-13(19)17-18-15(20)11(4)22-14-9(2)6-12(16)7-10(14)3/h6-7,11H,5,8H2,1-4H3,(H,17,19)(H,18,20). The summed E-state index contributed by atoms with van der Waals surface area (Å²) in [5, 5.41) is 0. The predicted octanol–water partition coefficient (Wildman–Crippen LogP) is 2.02. The molecule has 1 aromatic rings. The first-order valence-corrected chi connectivity index (χ1v) is 7.74. The average Bonchev–Trinajstić information content (AvgIpc) is 2.45. The second-order valence-electron chi connectivity index (χ2n) is 4.80. The van der Waals surface area contributed by atoms with Crippen LogP contribution in [0, 0.1) is 13.8 Å². The fourth-order valence-corrected chi connectivity index (χ4v) is 2.46. The minimum atomic E-state index is -0.744. The molecule has 0 saturated heterocycles. The van der Waals surface area contributed by atoms with Crippen molar-refractivity contribution in [3.8, 4) is 5.75 Å². The normalized spacial score (nSPS) is 11.7. The molecule has 122 valence electrons. The molecule has 2 amide bonds. The van der Waals surface area contributed by atoms with Gasteiger partial charge in [0.25, 0.3) is 11.8 Å². The molecular formula is C15H21BrN2O4. The van der Waals surface area contributed by atoms with Crippen molar-refractivity contribution in [3.05, 3.63) is 27.7 Å². The fourth-order valence-electron chi connectivity index (χ4n) is 1.78. The highest BCUT2D eigenvalue weighted by Crippen LogP contribution is 2.28. The lowest BCUT2D eigenvalue weighted by atomic mass is 10.1. The molecule has 1 atom stereocenters. The molecule has 0 spiro atoms. The van der Waals surface area contributed by atoms with Crippen molar-refractivity contribution in [1.82, 2.24) is 10.9 Å². The Morgan fingerprint density at radius 1 is 1.23 bits per heavy atom. The number of aryl methyl sites for hydroxylation is 2. The number of benzene rings is 1. The van der Waals surface area contributed by atoms with Gasteiger partial charge in [-0.3, -0.25) is 20.4 Å². The first-order valence-electron chi connectivity index (χ1n) is 6.95. The van der Waals surface area contributed by atoms with Crippen molar-refractivity contribution in [1.29, 1.82) is 0 Å². The van der Waals surface area contributed by atoms with Crippen molar-refractivity contribution in [2.24, 2.45) is 0 Å². The zero-order valence-electron chi connectivity index (χ0n) is 13.2. The van der Waals surface area contributed by atoms with Crippen LogP contribution in [0.15, 0.2) is 16.6 Å². The summed E-state index contributed by atoms with van der Waals surface area (Å²) >= 11 is 3.41. The molecule has 0 heterocycles. The molecule has 0 aliphatic heterocycles. The van der Waals surface area contributed by atoms with Gasteiger partial charge in [0.1, 0.15) is 12.4 Å². The Kier molecular flexibility index (Phi) is 7.34. The second-order valence-corrected chi connectivity index (χ2v) is 5.72. The van der Waals surface area contributed by atoms with Crippen LogP contribution in [0.1, 0.15) is 25.0 Å². The zero-order chi connectivity index (χ0) is 16.7. The van der Waals surface area contributed by atoms with Crippen LogP contribution in [0.4, 0.5) is 0 Å². The van der Waals surface area contributed by atoms with E-state index in [1.165, 1.54) is 0 Å². The Morgan fingerprint density at radius 2 is 1.82 bits per heavy atom. The van der Waals surface area contributed by atoms with E-state index < -0.39 is 17.9 Å². The largest absolute Gasteiger partial charge is 0.480 e. The number of amides is 2. The van der Waals surface area contributed by atoms with Crippen LogP contribution in [0.2, 0.25) is 0 Å². The summed E-state index contributed by atoms with van der Waals surface area (Å²) in [6.07, 6.45) is -0.744. The van der Waals surface area contributed by atoms with Crippen molar-refractivity contribution >= 4 is 27.7 Å². The van der Waals surface area contributed by atoms with Crippen LogP contribution < -0.4 is 15.6 Å². The maximum Gasteiger partial charge on any atom is 0.279 e. The topological polar surface area (TPSA) is 76.7 Å². The number of hydrogen-bond donors (Lipinski definition) is 2. The van der Waals surface area contributed by atoms with Gasteiger partial charge >= 0.3 is 0 Å². The Balaban J connectivity index is 2.56. The Bertz CT molecular complexity index is 525. The van der Waals surface area contributed by atoms with E-state index in [9.17, 15) is 9.59 Å². The maximum atomic E-state index is 11.9. The van der Waals surface area contributed by atoms with Crippen molar-refractivity contribution in [3.63, 3.8) is 0 Å². The van der Waals surface area contributed by atoms with E-state index in [1.807, 2.05) is 26.0 Å². The molecule has 0 bridgehead atoms. The van der Waals surface area contributed by atoms with Gasteiger partial charge in [-0.25, -0.2) is 0 Å². The van der Waals surface area contributed by atoms with Gasteiger partial charge < -0.3 is 9.47 Å². The number of rotatable bonds is 6. The van der Waals surface area contributed by atoms with E-state index in [1.54, 1.807) is 13.8 Å². The number of halogens is 1. The number of nitrogens with one attached hydrogen (secondary N) is 2. The van der Waals surface area contributed by atoms with Crippen LogP contribution in [-0.4, -0.2) is 31.1 Å². The van der Waals surface area contributed by atoms with Gasteiger partial charge in [0.2, 0.25) is 0 Å². The van der Waals surface area contributed by atoms with Gasteiger partial charge in [-0.15, -0.1) is 0 Å². The number of carbonyl (C=O) groups is 2. The van der Waals surface area contributed by atoms with E-state index in [4.69, 9.17) is 9.47 Å². The van der Waals surface area contributed by atoms with Gasteiger partial charge in [0, 0.05) is 11.1 Å². The van der Waals surface area contributed by atoms with Crippen molar-refractivity contribution in [2.45, 2.75) is 33.8 Å². The smallest absolute Gasteiger partial charge is 0.279 e. The molecule has 6 nitrogen and oxygen atoms in total. The average molecular weight is 373 g/mol. The Morgan fingerprint density at radius 3 is 2.36 bits per heavy atom. The quantitative estimate of drug-likeness (QED) is 0.748. The lowest BCUT2D eigenvalue weighted by molar-refractivity contribution is -0.134.